The third kappa shape index (κ3) is 4.25. The zero-order valence-corrected chi connectivity index (χ0v) is 14.9. The van der Waals surface area contributed by atoms with Crippen LogP contribution in [0.5, 0.6) is 0 Å². The van der Waals surface area contributed by atoms with Crippen LogP contribution in [-0.4, -0.2) is 24.2 Å². The summed E-state index contributed by atoms with van der Waals surface area (Å²) >= 11 is 1.12. The molecule has 1 aromatic heterocycles. The van der Waals surface area contributed by atoms with Crippen molar-refractivity contribution < 1.29 is 27.1 Å². The van der Waals surface area contributed by atoms with Gasteiger partial charge in [-0.25, -0.2) is 4.39 Å². The molecule has 9 heteroatoms. The summed E-state index contributed by atoms with van der Waals surface area (Å²) in [7, 11) is 1.53. The third-order valence-corrected chi connectivity index (χ3v) is 4.86. The Labute approximate surface area is 155 Å². The molecule has 0 bridgehead atoms. The number of amides is 1. The molecule has 27 heavy (non-hydrogen) atoms. The van der Waals surface area contributed by atoms with Gasteiger partial charge in [0.05, 0.1) is 22.4 Å². The molecular formula is C18H14F4N2O2S. The van der Waals surface area contributed by atoms with Crippen LogP contribution in [0.25, 0.3) is 10.2 Å². The maximum atomic E-state index is 13.5. The lowest BCUT2D eigenvalue weighted by molar-refractivity contribution is -0.137. The molecule has 0 aliphatic rings. The largest absolute Gasteiger partial charge is 0.416 e. The Kier molecular flexibility index (Phi) is 5.43. The molecule has 1 heterocycles. The van der Waals surface area contributed by atoms with E-state index >= 15 is 0 Å². The van der Waals surface area contributed by atoms with E-state index in [0.717, 1.165) is 35.6 Å². The summed E-state index contributed by atoms with van der Waals surface area (Å²) in [4.78, 5) is 16.7. The van der Waals surface area contributed by atoms with E-state index in [1.807, 2.05) is 0 Å². The summed E-state index contributed by atoms with van der Waals surface area (Å²) in [5.74, 6) is -1.09. The molecule has 0 fully saturated rings. The Morgan fingerprint density at radius 1 is 1.19 bits per heavy atom. The number of alkyl halides is 3. The maximum absolute atomic E-state index is 13.5. The highest BCUT2D eigenvalue weighted by atomic mass is 32.1. The zero-order valence-electron chi connectivity index (χ0n) is 14.1. The van der Waals surface area contributed by atoms with Crippen LogP contribution < -0.4 is 4.80 Å². The van der Waals surface area contributed by atoms with E-state index in [1.54, 1.807) is 10.6 Å². The van der Waals surface area contributed by atoms with Crippen LogP contribution in [0.3, 0.4) is 0 Å². The highest BCUT2D eigenvalue weighted by molar-refractivity contribution is 7.16. The smallest absolute Gasteiger partial charge is 0.383 e. The number of methoxy groups -OCH3 is 1. The second-order valence-electron chi connectivity index (χ2n) is 5.63. The van der Waals surface area contributed by atoms with E-state index in [-0.39, 0.29) is 5.56 Å². The number of thiazole rings is 1. The quantitative estimate of drug-likeness (QED) is 0.617. The lowest BCUT2D eigenvalue weighted by atomic mass is 10.1. The molecule has 0 radical (unpaired) electrons. The predicted octanol–water partition coefficient (Wildman–Crippen LogP) is 4.25. The van der Waals surface area contributed by atoms with Crippen LogP contribution in [0.15, 0.2) is 47.5 Å². The van der Waals surface area contributed by atoms with Gasteiger partial charge in [-0.05, 0) is 42.5 Å². The van der Waals surface area contributed by atoms with E-state index in [4.69, 9.17) is 4.74 Å². The molecule has 142 valence electrons. The van der Waals surface area contributed by atoms with Crippen molar-refractivity contribution in [3.63, 3.8) is 0 Å². The van der Waals surface area contributed by atoms with Crippen LogP contribution in [-0.2, 0) is 17.5 Å². The zero-order chi connectivity index (χ0) is 19.6. The topological polar surface area (TPSA) is 43.6 Å². The molecule has 0 aliphatic heterocycles. The molecule has 0 spiro atoms. The van der Waals surface area contributed by atoms with Gasteiger partial charge in [-0.15, -0.1) is 0 Å². The van der Waals surface area contributed by atoms with Gasteiger partial charge in [-0.2, -0.15) is 18.2 Å². The van der Waals surface area contributed by atoms with Gasteiger partial charge in [-0.3, -0.25) is 4.79 Å². The number of fused-ring (bicyclic) bond motifs is 1. The maximum Gasteiger partial charge on any atom is 0.416 e. The second-order valence-corrected chi connectivity index (χ2v) is 6.64. The SMILES string of the molecule is COCCn1c(=NC(=O)c2ccc(C(F)(F)F)cc2)sc2cc(F)ccc21. The predicted molar refractivity (Wildman–Crippen MR) is 93.0 cm³/mol. The molecule has 0 N–H and O–H groups in total. The molecule has 1 amide bonds. The van der Waals surface area contributed by atoms with Gasteiger partial charge in [0.15, 0.2) is 4.80 Å². The number of hydrogen-bond donors (Lipinski definition) is 0. The lowest BCUT2D eigenvalue weighted by Gasteiger charge is -2.06. The average molecular weight is 398 g/mol. The van der Waals surface area contributed by atoms with Crippen molar-refractivity contribution in [3.05, 3.63) is 64.2 Å². The highest BCUT2D eigenvalue weighted by Gasteiger charge is 2.30. The summed E-state index contributed by atoms with van der Waals surface area (Å²) in [6.07, 6.45) is -4.47. The summed E-state index contributed by atoms with van der Waals surface area (Å²) in [5.41, 5.74) is -0.117. The Hall–Kier alpha value is -2.52. The van der Waals surface area contributed by atoms with Crippen molar-refractivity contribution in [2.24, 2.45) is 4.99 Å². The molecule has 0 unspecified atom stereocenters. The molecule has 3 rings (SSSR count). The average Bonchev–Trinajstić information content (AvgIpc) is 2.95. The summed E-state index contributed by atoms with van der Waals surface area (Å²) < 4.78 is 58.8. The van der Waals surface area contributed by atoms with Gasteiger partial charge in [0, 0.05) is 19.2 Å². The normalized spacial score (nSPS) is 12.7. The van der Waals surface area contributed by atoms with Crippen LogP contribution in [0.1, 0.15) is 15.9 Å². The minimum Gasteiger partial charge on any atom is -0.383 e. The molecule has 0 aliphatic carbocycles. The molecule has 4 nitrogen and oxygen atoms in total. The number of halogens is 4. The molecule has 2 aromatic carbocycles. The van der Waals surface area contributed by atoms with E-state index in [1.165, 1.54) is 19.2 Å². The summed E-state index contributed by atoms with van der Waals surface area (Å²) in [5, 5.41) is 0. The van der Waals surface area contributed by atoms with E-state index in [2.05, 4.69) is 4.99 Å². The van der Waals surface area contributed by atoms with E-state index in [0.29, 0.717) is 28.2 Å². The van der Waals surface area contributed by atoms with Crippen LogP contribution in [0, 0.1) is 5.82 Å². The van der Waals surface area contributed by atoms with Crippen molar-refractivity contribution in [2.75, 3.05) is 13.7 Å². The van der Waals surface area contributed by atoms with Crippen molar-refractivity contribution in [3.8, 4) is 0 Å². The molecular weight excluding hydrogens is 384 g/mol. The van der Waals surface area contributed by atoms with Crippen molar-refractivity contribution >= 4 is 27.5 Å². The Morgan fingerprint density at radius 3 is 2.52 bits per heavy atom. The Bertz CT molecular complexity index is 1040. The molecule has 3 aromatic rings. The fraction of sp³-hybridized carbons (Fsp3) is 0.222. The minimum atomic E-state index is -4.47. The number of nitrogens with zero attached hydrogens (tertiary/aromatic N) is 2. The Balaban J connectivity index is 2.02. The number of ether oxygens (including phenoxy) is 1. The number of hydrogen-bond acceptors (Lipinski definition) is 3. The van der Waals surface area contributed by atoms with E-state index < -0.39 is 23.5 Å². The van der Waals surface area contributed by atoms with Crippen LogP contribution in [0.2, 0.25) is 0 Å². The third-order valence-electron chi connectivity index (χ3n) is 3.82. The number of rotatable bonds is 4. The van der Waals surface area contributed by atoms with Crippen molar-refractivity contribution in [1.29, 1.82) is 0 Å². The van der Waals surface area contributed by atoms with Gasteiger partial charge in [0.1, 0.15) is 5.82 Å². The van der Waals surface area contributed by atoms with Crippen LogP contribution in [0.4, 0.5) is 17.6 Å². The molecule has 0 saturated heterocycles. The fourth-order valence-electron chi connectivity index (χ4n) is 2.48. The summed E-state index contributed by atoms with van der Waals surface area (Å²) in [6.45, 7) is 0.742. The number of carbonyl (C=O) groups excluding carboxylic acids is 1. The molecule has 0 saturated carbocycles. The van der Waals surface area contributed by atoms with Gasteiger partial charge in [0.2, 0.25) is 0 Å². The second kappa shape index (κ2) is 7.61. The van der Waals surface area contributed by atoms with Gasteiger partial charge < -0.3 is 9.30 Å². The first-order valence-corrected chi connectivity index (χ1v) is 8.65. The Morgan fingerprint density at radius 2 is 1.89 bits per heavy atom. The van der Waals surface area contributed by atoms with Crippen LogP contribution >= 0.6 is 11.3 Å². The summed E-state index contributed by atoms with van der Waals surface area (Å²) in [6, 6.07) is 8.07. The minimum absolute atomic E-state index is 0.0323. The number of aromatic nitrogens is 1. The first-order chi connectivity index (χ1) is 12.8. The number of carbonyl (C=O) groups is 1. The van der Waals surface area contributed by atoms with Crippen molar-refractivity contribution in [2.45, 2.75) is 12.7 Å². The lowest BCUT2D eigenvalue weighted by Crippen LogP contribution is -2.19. The van der Waals surface area contributed by atoms with E-state index in [9.17, 15) is 22.4 Å². The van der Waals surface area contributed by atoms with Gasteiger partial charge in [0.25, 0.3) is 5.91 Å². The van der Waals surface area contributed by atoms with Gasteiger partial charge in [-0.1, -0.05) is 11.3 Å². The highest BCUT2D eigenvalue weighted by Crippen LogP contribution is 2.29. The standard InChI is InChI=1S/C18H14F4N2O2S/c1-26-9-8-24-14-7-6-13(19)10-15(14)27-17(24)23-16(25)11-2-4-12(5-3-11)18(20,21)22/h2-7,10H,8-9H2,1H3. The molecule has 0 atom stereocenters. The van der Waals surface area contributed by atoms with Crippen molar-refractivity contribution in [1.82, 2.24) is 4.57 Å². The fourth-order valence-corrected chi connectivity index (χ4v) is 3.56. The monoisotopic (exact) mass is 398 g/mol. The first-order valence-electron chi connectivity index (χ1n) is 7.84. The van der Waals surface area contributed by atoms with Gasteiger partial charge >= 0.3 is 6.18 Å². The first kappa shape index (κ1) is 19.2. The number of benzene rings is 2.